The second kappa shape index (κ2) is 22.2. The summed E-state index contributed by atoms with van der Waals surface area (Å²) in [6.07, 6.45) is 4.69. The molecule has 298 valence electrons. The van der Waals surface area contributed by atoms with Crippen LogP contribution in [-0.2, 0) is 28.7 Å². The second-order valence-electron chi connectivity index (χ2n) is 15.3. The number of nitrogens with one attached hydrogen (secondary N) is 2. The molecule has 1 aliphatic heterocycles. The van der Waals surface area contributed by atoms with E-state index < -0.39 is 48.4 Å². The van der Waals surface area contributed by atoms with Gasteiger partial charge in [-0.2, -0.15) is 0 Å². The molecule has 1 heterocycles. The van der Waals surface area contributed by atoms with Crippen LogP contribution in [0, 0.1) is 23.7 Å². The van der Waals surface area contributed by atoms with Crippen LogP contribution in [-0.4, -0.2) is 134 Å². The SMILES string of the molecule is C=C/C=C(\C=C)C(O)C(C)NC(=O)[C@H](C)C(OC)C1CCCN1C(=O)CC(OC)C(C(C)CC)N(C)C(=O)[C@@H](NC(=O)C(C(C)C)N(C)C)C(C)C. The highest BCUT2D eigenvalue weighted by atomic mass is 16.5. The van der Waals surface area contributed by atoms with Crippen LogP contribution in [0.2, 0.25) is 0 Å². The van der Waals surface area contributed by atoms with E-state index in [1.54, 1.807) is 57.1 Å². The summed E-state index contributed by atoms with van der Waals surface area (Å²) in [7, 11) is 8.53. The van der Waals surface area contributed by atoms with Crippen molar-refractivity contribution in [2.45, 2.75) is 130 Å². The van der Waals surface area contributed by atoms with Gasteiger partial charge >= 0.3 is 0 Å². The molecule has 12 nitrogen and oxygen atoms in total. The minimum Gasteiger partial charge on any atom is -0.386 e. The highest BCUT2D eigenvalue weighted by Crippen LogP contribution is 2.30. The van der Waals surface area contributed by atoms with Crippen molar-refractivity contribution in [2.75, 3.05) is 41.9 Å². The Balaban J connectivity index is 3.27. The van der Waals surface area contributed by atoms with Gasteiger partial charge in [0.05, 0.1) is 54.8 Å². The molecule has 1 aliphatic rings. The van der Waals surface area contributed by atoms with E-state index in [1.165, 1.54) is 6.08 Å². The fraction of sp³-hybridized carbons (Fsp3) is 0.750. The number of methoxy groups -OCH3 is 2. The van der Waals surface area contributed by atoms with Gasteiger partial charge in [-0.25, -0.2) is 0 Å². The first-order valence-electron chi connectivity index (χ1n) is 18.9. The molecule has 3 N–H and O–H groups in total. The average molecular weight is 734 g/mol. The average Bonchev–Trinajstić information content (AvgIpc) is 3.57. The van der Waals surface area contributed by atoms with E-state index in [4.69, 9.17) is 9.47 Å². The molecule has 0 radical (unpaired) electrons. The van der Waals surface area contributed by atoms with E-state index >= 15 is 0 Å². The molecule has 1 saturated heterocycles. The smallest absolute Gasteiger partial charge is 0.245 e. The van der Waals surface area contributed by atoms with Gasteiger partial charge in [-0.3, -0.25) is 24.1 Å². The van der Waals surface area contributed by atoms with Crippen LogP contribution in [0.4, 0.5) is 0 Å². The van der Waals surface area contributed by atoms with Gasteiger partial charge in [0.2, 0.25) is 23.6 Å². The van der Waals surface area contributed by atoms with Crippen molar-refractivity contribution in [2.24, 2.45) is 23.7 Å². The number of aliphatic hydroxyl groups is 1. The van der Waals surface area contributed by atoms with Crippen LogP contribution >= 0.6 is 0 Å². The molecular formula is C40H71N5O7. The molecule has 0 bridgehead atoms. The van der Waals surface area contributed by atoms with Crippen molar-refractivity contribution in [1.82, 2.24) is 25.3 Å². The number of likely N-dealkylation sites (N-methyl/N-ethyl adjacent to an activating group) is 2. The number of allylic oxidation sites excluding steroid dienone is 2. The lowest BCUT2D eigenvalue weighted by molar-refractivity contribution is -0.148. The Morgan fingerprint density at radius 2 is 1.56 bits per heavy atom. The summed E-state index contributed by atoms with van der Waals surface area (Å²) in [6, 6.07) is -2.57. The summed E-state index contributed by atoms with van der Waals surface area (Å²) < 4.78 is 11.9. The molecule has 8 unspecified atom stereocenters. The fourth-order valence-electron chi connectivity index (χ4n) is 7.56. The van der Waals surface area contributed by atoms with E-state index in [0.29, 0.717) is 18.5 Å². The Bertz CT molecular complexity index is 1210. The summed E-state index contributed by atoms with van der Waals surface area (Å²) in [5.41, 5.74) is 0.538. The number of likely N-dealkylation sites (tertiary alicyclic amines) is 1. The first kappa shape index (κ1) is 47.0. The summed E-state index contributed by atoms with van der Waals surface area (Å²) in [4.78, 5) is 60.5. The van der Waals surface area contributed by atoms with Gasteiger partial charge in [-0.05, 0) is 57.2 Å². The second-order valence-corrected chi connectivity index (χ2v) is 15.3. The van der Waals surface area contributed by atoms with E-state index in [0.717, 1.165) is 12.8 Å². The normalized spacial score (nSPS) is 20.4. The number of amides is 4. The maximum Gasteiger partial charge on any atom is 0.245 e. The number of ether oxygens (including phenoxy) is 2. The zero-order valence-corrected chi connectivity index (χ0v) is 34.3. The Hall–Kier alpha value is -3.06. The van der Waals surface area contributed by atoms with Crippen LogP contribution in [0.5, 0.6) is 0 Å². The first-order chi connectivity index (χ1) is 24.3. The number of carbonyl (C=O) groups is 4. The Labute approximate surface area is 314 Å². The van der Waals surface area contributed by atoms with E-state index in [-0.39, 0.29) is 53.8 Å². The van der Waals surface area contributed by atoms with Crippen molar-refractivity contribution in [3.63, 3.8) is 0 Å². The largest absolute Gasteiger partial charge is 0.386 e. The van der Waals surface area contributed by atoms with E-state index in [1.807, 2.05) is 60.5 Å². The molecule has 12 heteroatoms. The number of aliphatic hydroxyl groups excluding tert-OH is 1. The molecule has 0 saturated carbocycles. The summed E-state index contributed by atoms with van der Waals surface area (Å²) in [5.74, 6) is -1.67. The minimum absolute atomic E-state index is 0.0224. The molecule has 52 heavy (non-hydrogen) atoms. The van der Waals surface area contributed by atoms with Gasteiger partial charge < -0.3 is 35.0 Å². The molecule has 4 amide bonds. The van der Waals surface area contributed by atoms with Gasteiger partial charge in [-0.1, -0.05) is 86.3 Å². The minimum atomic E-state index is -0.978. The van der Waals surface area contributed by atoms with Crippen LogP contribution in [0.1, 0.15) is 81.1 Å². The van der Waals surface area contributed by atoms with Crippen LogP contribution in [0.15, 0.2) is 37.0 Å². The van der Waals surface area contributed by atoms with Crippen LogP contribution in [0.25, 0.3) is 0 Å². The van der Waals surface area contributed by atoms with Gasteiger partial charge in [0.15, 0.2) is 0 Å². The van der Waals surface area contributed by atoms with Crippen LogP contribution < -0.4 is 10.6 Å². The van der Waals surface area contributed by atoms with E-state index in [2.05, 4.69) is 23.8 Å². The van der Waals surface area contributed by atoms with E-state index in [9.17, 15) is 24.3 Å². The van der Waals surface area contributed by atoms with Gasteiger partial charge in [0.25, 0.3) is 0 Å². The molecule has 1 fully saturated rings. The third-order valence-electron chi connectivity index (χ3n) is 10.7. The molecule has 1 rings (SSSR count). The first-order valence-corrected chi connectivity index (χ1v) is 18.9. The Morgan fingerprint density at radius 3 is 2.02 bits per heavy atom. The lowest BCUT2D eigenvalue weighted by atomic mass is 9.89. The van der Waals surface area contributed by atoms with Crippen molar-refractivity contribution >= 4 is 23.6 Å². The molecule has 0 aromatic rings. The number of nitrogens with zero attached hydrogens (tertiary/aromatic N) is 3. The topological polar surface area (TPSA) is 141 Å². The standard InChI is InChI=1S/C40H71N5O7/c1-16-20-29(18-3)36(47)28(10)41-38(48)27(9)37(52-15)30-21-19-22-45(30)32(46)23-31(51-14)35(26(8)17-2)44(13)40(50)33(24(4)5)42-39(49)34(25(6)7)43(11)12/h16,18,20,24-28,30-31,33-37,47H,1,3,17,19,21-23H2,2,4-15H3,(H,41,48)(H,42,49)/b29-20+/t26?,27-,28?,30?,31?,33+,34?,35?,36?,37?/m1/s1. The van der Waals surface area contributed by atoms with Crippen molar-refractivity contribution < 1.29 is 33.8 Å². The van der Waals surface area contributed by atoms with Crippen molar-refractivity contribution in [3.05, 3.63) is 37.0 Å². The fourth-order valence-corrected chi connectivity index (χ4v) is 7.56. The molecule has 0 aliphatic carbocycles. The number of rotatable bonds is 22. The van der Waals surface area contributed by atoms with Gasteiger partial charge in [0.1, 0.15) is 6.04 Å². The number of carbonyl (C=O) groups excluding carboxylic acids is 4. The predicted molar refractivity (Wildman–Crippen MR) is 207 cm³/mol. The highest BCUT2D eigenvalue weighted by Gasteiger charge is 2.43. The molecule has 0 aromatic heterocycles. The third-order valence-corrected chi connectivity index (χ3v) is 10.7. The summed E-state index contributed by atoms with van der Waals surface area (Å²) >= 11 is 0. The lowest BCUT2D eigenvalue weighted by Gasteiger charge is -2.41. The van der Waals surface area contributed by atoms with Crippen molar-refractivity contribution in [3.8, 4) is 0 Å². The third kappa shape index (κ3) is 12.2. The molecule has 10 atom stereocenters. The summed E-state index contributed by atoms with van der Waals surface area (Å²) in [6.45, 7) is 23.2. The Kier molecular flexibility index (Phi) is 20.1. The Morgan fingerprint density at radius 1 is 0.942 bits per heavy atom. The quantitative estimate of drug-likeness (QED) is 0.143. The maximum absolute atomic E-state index is 14.2. The predicted octanol–water partition coefficient (Wildman–Crippen LogP) is 3.80. The van der Waals surface area contributed by atoms with Crippen molar-refractivity contribution in [1.29, 1.82) is 0 Å². The monoisotopic (exact) mass is 734 g/mol. The number of hydrogen-bond acceptors (Lipinski definition) is 8. The number of hydrogen-bond donors (Lipinski definition) is 3. The lowest BCUT2D eigenvalue weighted by Crippen LogP contribution is -2.59. The van der Waals surface area contributed by atoms with Gasteiger partial charge in [0, 0.05) is 27.8 Å². The van der Waals surface area contributed by atoms with Gasteiger partial charge in [-0.15, -0.1) is 0 Å². The van der Waals surface area contributed by atoms with Crippen LogP contribution in [0.3, 0.4) is 0 Å². The maximum atomic E-state index is 14.2. The molecular weight excluding hydrogens is 662 g/mol. The molecule has 0 aromatic carbocycles. The highest BCUT2D eigenvalue weighted by molar-refractivity contribution is 5.90. The molecule has 0 spiro atoms. The zero-order chi connectivity index (χ0) is 40.0. The summed E-state index contributed by atoms with van der Waals surface area (Å²) in [5, 5.41) is 16.7. The zero-order valence-electron chi connectivity index (χ0n) is 34.3.